The van der Waals surface area contributed by atoms with Gasteiger partial charge in [0.05, 0.1) is 18.2 Å². The summed E-state index contributed by atoms with van der Waals surface area (Å²) in [6.45, 7) is 11.7. The van der Waals surface area contributed by atoms with Gasteiger partial charge in [0.2, 0.25) is 0 Å². The lowest BCUT2D eigenvalue weighted by Gasteiger charge is -2.14. The van der Waals surface area contributed by atoms with Crippen LogP contribution in [-0.2, 0) is 12.8 Å². The first-order valence-electron chi connectivity index (χ1n) is 9.98. The van der Waals surface area contributed by atoms with Gasteiger partial charge in [0.25, 0.3) is 0 Å². The van der Waals surface area contributed by atoms with Crippen LogP contribution >= 0.6 is 35.3 Å². The number of aryl methyl sites for hydroxylation is 1. The van der Waals surface area contributed by atoms with Crippen LogP contribution in [0.5, 0.6) is 11.5 Å². The van der Waals surface area contributed by atoms with E-state index in [1.165, 1.54) is 10.4 Å². The van der Waals surface area contributed by atoms with E-state index in [9.17, 15) is 0 Å². The van der Waals surface area contributed by atoms with Gasteiger partial charge in [-0.15, -0.1) is 35.3 Å². The molecule has 6 nitrogen and oxygen atoms in total. The highest BCUT2D eigenvalue weighted by Gasteiger charge is 2.06. The first-order valence-corrected chi connectivity index (χ1v) is 10.8. The molecular formula is C21H33IN4O2S. The molecular weight excluding hydrogens is 499 g/mol. The number of hydrogen-bond donors (Lipinski definition) is 2. The van der Waals surface area contributed by atoms with Crippen LogP contribution in [0.4, 0.5) is 0 Å². The van der Waals surface area contributed by atoms with Crippen LogP contribution < -0.4 is 20.1 Å². The number of guanidine groups is 1. The van der Waals surface area contributed by atoms with Crippen molar-refractivity contribution in [3.63, 3.8) is 0 Å². The van der Waals surface area contributed by atoms with E-state index >= 15 is 0 Å². The molecule has 2 rings (SSSR count). The van der Waals surface area contributed by atoms with Crippen LogP contribution in [0.3, 0.4) is 0 Å². The van der Waals surface area contributed by atoms with Gasteiger partial charge in [-0.05, 0) is 51.8 Å². The van der Waals surface area contributed by atoms with Crippen molar-refractivity contribution in [2.45, 2.75) is 40.5 Å². The largest absolute Gasteiger partial charge is 0.490 e. The zero-order valence-corrected chi connectivity index (χ0v) is 20.9. The lowest BCUT2D eigenvalue weighted by Crippen LogP contribution is -2.38. The Hall–Kier alpha value is -1.55. The number of ether oxygens (including phenoxy) is 2. The van der Waals surface area contributed by atoms with E-state index in [1.54, 1.807) is 11.3 Å². The Morgan fingerprint density at radius 3 is 2.48 bits per heavy atom. The second-order valence-corrected chi connectivity index (χ2v) is 7.52. The Morgan fingerprint density at radius 1 is 1.07 bits per heavy atom. The summed E-state index contributed by atoms with van der Waals surface area (Å²) < 4.78 is 11.3. The molecule has 0 radical (unpaired) electrons. The molecule has 1 aromatic carbocycles. The third-order valence-electron chi connectivity index (χ3n) is 3.92. The van der Waals surface area contributed by atoms with E-state index in [-0.39, 0.29) is 24.0 Å². The summed E-state index contributed by atoms with van der Waals surface area (Å²) in [4.78, 5) is 10.3. The maximum Gasteiger partial charge on any atom is 0.191 e. The van der Waals surface area contributed by atoms with Crippen LogP contribution in [0.15, 0.2) is 29.4 Å². The van der Waals surface area contributed by atoms with E-state index < -0.39 is 0 Å². The summed E-state index contributed by atoms with van der Waals surface area (Å²) in [6.07, 6.45) is 3.66. The first-order chi connectivity index (χ1) is 13.7. The molecule has 0 aliphatic heterocycles. The molecule has 1 aromatic heterocycles. The molecule has 0 atom stereocenters. The number of thiazole rings is 1. The fourth-order valence-corrected chi connectivity index (χ4v) is 3.47. The lowest BCUT2D eigenvalue weighted by molar-refractivity contribution is 0.287. The van der Waals surface area contributed by atoms with Gasteiger partial charge in [-0.2, -0.15) is 0 Å². The molecule has 2 N–H and O–H groups in total. The topological polar surface area (TPSA) is 67.8 Å². The maximum atomic E-state index is 5.71. The smallest absolute Gasteiger partial charge is 0.191 e. The number of nitrogens with zero attached hydrogens (tertiary/aromatic N) is 2. The average molecular weight is 532 g/mol. The highest BCUT2D eigenvalue weighted by Crippen LogP contribution is 2.28. The van der Waals surface area contributed by atoms with Crippen molar-refractivity contribution < 1.29 is 9.47 Å². The fourth-order valence-electron chi connectivity index (χ4n) is 2.70. The molecule has 0 saturated heterocycles. The van der Waals surface area contributed by atoms with Crippen LogP contribution in [-0.4, -0.2) is 43.8 Å². The number of aromatic nitrogens is 1. The Bertz CT molecular complexity index is 752. The van der Waals surface area contributed by atoms with E-state index in [0.717, 1.165) is 54.9 Å². The lowest BCUT2D eigenvalue weighted by atomic mass is 10.1. The highest BCUT2D eigenvalue weighted by atomic mass is 127. The van der Waals surface area contributed by atoms with Crippen LogP contribution in [0.1, 0.15) is 36.2 Å². The molecule has 0 amide bonds. The molecule has 0 fully saturated rings. The summed E-state index contributed by atoms with van der Waals surface area (Å²) in [5.74, 6) is 2.45. The third-order valence-corrected chi connectivity index (χ3v) is 4.90. The minimum atomic E-state index is 0. The summed E-state index contributed by atoms with van der Waals surface area (Å²) >= 11 is 1.73. The fraction of sp³-hybridized carbons (Fsp3) is 0.524. The molecule has 0 spiro atoms. The minimum Gasteiger partial charge on any atom is -0.490 e. The van der Waals surface area contributed by atoms with Gasteiger partial charge in [-0.25, -0.2) is 4.98 Å². The van der Waals surface area contributed by atoms with Gasteiger partial charge in [-0.1, -0.05) is 6.07 Å². The van der Waals surface area contributed by atoms with Crippen molar-refractivity contribution in [3.8, 4) is 11.5 Å². The Balaban J connectivity index is 0.00000420. The molecule has 1 heterocycles. The van der Waals surface area contributed by atoms with E-state index in [0.29, 0.717) is 13.2 Å². The number of rotatable bonds is 11. The van der Waals surface area contributed by atoms with Crippen LogP contribution in [0.25, 0.3) is 0 Å². The normalized spacial score (nSPS) is 11.0. The van der Waals surface area contributed by atoms with Gasteiger partial charge in [-0.3, -0.25) is 4.99 Å². The monoisotopic (exact) mass is 532 g/mol. The molecule has 162 valence electrons. The standard InChI is InChI=1S/C21H32N4O2S.HI/c1-5-22-21(24-13-11-20-25-15-16(4)28-20)23-12-10-17-8-9-18(26-6-2)19(14-17)27-7-3;/h8-9,14-15H,5-7,10-13H2,1-4H3,(H2,22,23,24);1H. The van der Waals surface area contributed by atoms with Crippen molar-refractivity contribution in [1.82, 2.24) is 15.6 Å². The molecule has 2 aromatic rings. The zero-order valence-electron chi connectivity index (χ0n) is 17.8. The quantitative estimate of drug-likeness (QED) is 0.258. The molecule has 0 unspecified atom stereocenters. The van der Waals surface area contributed by atoms with E-state index in [2.05, 4.69) is 46.6 Å². The highest BCUT2D eigenvalue weighted by molar-refractivity contribution is 14.0. The number of halogens is 1. The van der Waals surface area contributed by atoms with Gasteiger partial charge in [0, 0.05) is 37.1 Å². The predicted molar refractivity (Wildman–Crippen MR) is 132 cm³/mol. The summed E-state index contributed by atoms with van der Waals surface area (Å²) in [7, 11) is 0. The summed E-state index contributed by atoms with van der Waals surface area (Å²) in [5.41, 5.74) is 1.20. The van der Waals surface area contributed by atoms with E-state index in [4.69, 9.17) is 9.47 Å². The predicted octanol–water partition coefficient (Wildman–Crippen LogP) is 4.21. The Labute approximate surface area is 195 Å². The third kappa shape index (κ3) is 9.20. The minimum absolute atomic E-state index is 0. The van der Waals surface area contributed by atoms with Gasteiger partial charge >= 0.3 is 0 Å². The van der Waals surface area contributed by atoms with Crippen LogP contribution in [0, 0.1) is 6.92 Å². The van der Waals surface area contributed by atoms with Crippen molar-refractivity contribution in [2.24, 2.45) is 4.99 Å². The molecule has 0 saturated carbocycles. The second-order valence-electron chi connectivity index (χ2n) is 6.20. The molecule has 8 heteroatoms. The summed E-state index contributed by atoms with van der Waals surface area (Å²) in [6, 6.07) is 6.13. The Kier molecular flexibility index (Phi) is 12.7. The Morgan fingerprint density at radius 2 is 1.83 bits per heavy atom. The van der Waals surface area contributed by atoms with Crippen LogP contribution in [0.2, 0.25) is 0 Å². The van der Waals surface area contributed by atoms with Gasteiger partial charge in [0.15, 0.2) is 17.5 Å². The molecule has 29 heavy (non-hydrogen) atoms. The van der Waals surface area contributed by atoms with Crippen molar-refractivity contribution in [2.75, 3.05) is 32.8 Å². The molecule has 0 aliphatic rings. The SMILES string of the molecule is CCNC(=NCCc1ncc(C)s1)NCCc1ccc(OCC)c(OCC)c1.I. The maximum absolute atomic E-state index is 5.71. The zero-order chi connectivity index (χ0) is 20.2. The molecule has 0 bridgehead atoms. The van der Waals surface area contributed by atoms with Crippen molar-refractivity contribution in [3.05, 3.63) is 39.8 Å². The number of hydrogen-bond acceptors (Lipinski definition) is 5. The first kappa shape index (κ1) is 25.5. The number of benzene rings is 1. The van der Waals surface area contributed by atoms with Gasteiger partial charge < -0.3 is 20.1 Å². The second kappa shape index (κ2) is 14.4. The molecule has 0 aliphatic carbocycles. The van der Waals surface area contributed by atoms with Gasteiger partial charge in [0.1, 0.15) is 0 Å². The average Bonchev–Trinajstić information content (AvgIpc) is 3.09. The van der Waals surface area contributed by atoms with Crippen molar-refractivity contribution in [1.29, 1.82) is 0 Å². The number of aliphatic imine (C=N–C) groups is 1. The van der Waals surface area contributed by atoms with Crippen molar-refractivity contribution >= 4 is 41.3 Å². The van der Waals surface area contributed by atoms with E-state index in [1.807, 2.05) is 26.1 Å². The summed E-state index contributed by atoms with van der Waals surface area (Å²) in [5, 5.41) is 7.83. The number of nitrogens with one attached hydrogen (secondary N) is 2.